The van der Waals surface area contributed by atoms with Gasteiger partial charge in [0, 0.05) is 6.04 Å². The first-order chi connectivity index (χ1) is 9.30. The zero-order valence-electron chi connectivity index (χ0n) is 14.8. The Morgan fingerprint density at radius 1 is 1.10 bits per heavy atom. The van der Waals surface area contributed by atoms with Crippen molar-refractivity contribution < 1.29 is 0 Å². The first-order valence-corrected chi connectivity index (χ1v) is 8.71. The average molecular weight is 283 g/mol. The predicted octanol–water partition coefficient (Wildman–Crippen LogP) is 4.16. The Hall–Kier alpha value is -0.0800. The predicted molar refractivity (Wildman–Crippen MR) is 90.2 cm³/mol. The van der Waals surface area contributed by atoms with Crippen LogP contribution in [-0.2, 0) is 0 Å². The van der Waals surface area contributed by atoms with Crippen LogP contribution in [0.3, 0.4) is 0 Å². The summed E-state index contributed by atoms with van der Waals surface area (Å²) < 4.78 is 0. The van der Waals surface area contributed by atoms with E-state index in [0.717, 1.165) is 11.8 Å². The van der Waals surface area contributed by atoms with Crippen LogP contribution in [0.15, 0.2) is 0 Å². The molecule has 1 aliphatic carbocycles. The molecular formula is C18H38N2. The van der Waals surface area contributed by atoms with Gasteiger partial charge in [-0.3, -0.25) is 0 Å². The van der Waals surface area contributed by atoms with Gasteiger partial charge >= 0.3 is 0 Å². The van der Waals surface area contributed by atoms with E-state index in [2.05, 4.69) is 51.9 Å². The highest BCUT2D eigenvalue weighted by Gasteiger charge is 2.29. The molecule has 0 bridgehead atoms. The highest BCUT2D eigenvalue weighted by molar-refractivity contribution is 4.81. The summed E-state index contributed by atoms with van der Waals surface area (Å²) in [5.74, 6) is 1.87. The van der Waals surface area contributed by atoms with Crippen molar-refractivity contribution in [2.24, 2.45) is 17.3 Å². The second-order valence-electron chi connectivity index (χ2n) is 8.22. The molecule has 0 atom stereocenters. The number of hydrogen-bond acceptors (Lipinski definition) is 2. The largest absolute Gasteiger partial charge is 0.316 e. The summed E-state index contributed by atoms with van der Waals surface area (Å²) in [6, 6.07) is 0.669. The van der Waals surface area contributed by atoms with E-state index in [4.69, 9.17) is 0 Å². The smallest absolute Gasteiger partial charge is 0.00355 e. The molecule has 0 aromatic rings. The Bertz CT molecular complexity index is 247. The molecule has 1 fully saturated rings. The SMILES string of the molecule is CC(C)N(C)CCCNCC1CCC(C(C)(C)C)CC1. The first-order valence-electron chi connectivity index (χ1n) is 8.71. The lowest BCUT2D eigenvalue weighted by molar-refractivity contribution is 0.149. The molecule has 0 aliphatic heterocycles. The fourth-order valence-electron chi connectivity index (χ4n) is 3.25. The van der Waals surface area contributed by atoms with Crippen molar-refractivity contribution in [1.29, 1.82) is 0 Å². The van der Waals surface area contributed by atoms with Crippen LogP contribution in [0.4, 0.5) is 0 Å². The summed E-state index contributed by atoms with van der Waals surface area (Å²) >= 11 is 0. The maximum atomic E-state index is 3.68. The molecule has 2 nitrogen and oxygen atoms in total. The molecule has 0 spiro atoms. The van der Waals surface area contributed by atoms with Gasteiger partial charge in [-0.1, -0.05) is 20.8 Å². The average Bonchev–Trinajstić information content (AvgIpc) is 2.37. The quantitative estimate of drug-likeness (QED) is 0.705. The highest BCUT2D eigenvalue weighted by Crippen LogP contribution is 2.39. The maximum Gasteiger partial charge on any atom is 0.00355 e. The lowest BCUT2D eigenvalue weighted by atomic mass is 9.70. The van der Waals surface area contributed by atoms with Crippen LogP contribution < -0.4 is 5.32 Å². The molecule has 2 heteroatoms. The van der Waals surface area contributed by atoms with Crippen LogP contribution >= 0.6 is 0 Å². The zero-order chi connectivity index (χ0) is 15.2. The highest BCUT2D eigenvalue weighted by atomic mass is 15.1. The summed E-state index contributed by atoms with van der Waals surface area (Å²) in [5, 5.41) is 3.68. The number of hydrogen-bond donors (Lipinski definition) is 1. The molecule has 1 aliphatic rings. The van der Waals surface area contributed by atoms with Crippen LogP contribution in [0.5, 0.6) is 0 Å². The third-order valence-corrected chi connectivity index (χ3v) is 5.25. The number of rotatable bonds is 7. The Balaban J connectivity index is 2.05. The van der Waals surface area contributed by atoms with Gasteiger partial charge in [0.2, 0.25) is 0 Å². The lowest BCUT2D eigenvalue weighted by Crippen LogP contribution is -2.33. The van der Waals surface area contributed by atoms with E-state index in [1.807, 2.05) is 0 Å². The van der Waals surface area contributed by atoms with Gasteiger partial charge in [0.25, 0.3) is 0 Å². The van der Waals surface area contributed by atoms with Gasteiger partial charge in [0.05, 0.1) is 0 Å². The Labute approximate surface area is 127 Å². The fraction of sp³-hybridized carbons (Fsp3) is 1.00. The van der Waals surface area contributed by atoms with Crippen molar-refractivity contribution in [2.75, 3.05) is 26.7 Å². The molecule has 0 unspecified atom stereocenters. The molecule has 0 aromatic carbocycles. The molecule has 0 aromatic heterocycles. The van der Waals surface area contributed by atoms with Crippen molar-refractivity contribution in [1.82, 2.24) is 10.2 Å². The molecule has 1 rings (SSSR count). The van der Waals surface area contributed by atoms with E-state index in [9.17, 15) is 0 Å². The van der Waals surface area contributed by atoms with Gasteiger partial charge in [0.15, 0.2) is 0 Å². The van der Waals surface area contributed by atoms with Gasteiger partial charge in [-0.15, -0.1) is 0 Å². The number of nitrogens with zero attached hydrogens (tertiary/aromatic N) is 1. The summed E-state index contributed by atoms with van der Waals surface area (Å²) in [7, 11) is 2.22. The molecule has 0 saturated heterocycles. The summed E-state index contributed by atoms with van der Waals surface area (Å²) in [4.78, 5) is 2.43. The molecular weight excluding hydrogens is 244 g/mol. The van der Waals surface area contributed by atoms with Crippen LogP contribution in [0, 0.1) is 17.3 Å². The van der Waals surface area contributed by atoms with Crippen molar-refractivity contribution in [3.8, 4) is 0 Å². The standard InChI is InChI=1S/C18H38N2/c1-15(2)20(6)13-7-12-19-14-16-8-10-17(11-9-16)18(3,4)5/h15-17,19H,7-14H2,1-6H3. The van der Waals surface area contributed by atoms with E-state index in [1.54, 1.807) is 0 Å². The van der Waals surface area contributed by atoms with Crippen molar-refractivity contribution in [2.45, 2.75) is 72.8 Å². The minimum Gasteiger partial charge on any atom is -0.316 e. The minimum atomic E-state index is 0.514. The van der Waals surface area contributed by atoms with Gasteiger partial charge in [-0.05, 0) is 89.9 Å². The van der Waals surface area contributed by atoms with E-state index in [-0.39, 0.29) is 0 Å². The van der Waals surface area contributed by atoms with Gasteiger partial charge < -0.3 is 10.2 Å². The monoisotopic (exact) mass is 282 g/mol. The van der Waals surface area contributed by atoms with Crippen molar-refractivity contribution in [3.63, 3.8) is 0 Å². The normalized spacial score (nSPS) is 24.6. The molecule has 0 amide bonds. The lowest BCUT2D eigenvalue weighted by Gasteiger charge is -2.37. The molecule has 0 heterocycles. The van der Waals surface area contributed by atoms with E-state index in [0.29, 0.717) is 11.5 Å². The maximum absolute atomic E-state index is 3.68. The molecule has 0 radical (unpaired) electrons. The summed E-state index contributed by atoms with van der Waals surface area (Å²) in [5.41, 5.74) is 0.514. The second-order valence-corrected chi connectivity index (χ2v) is 8.22. The first kappa shape index (κ1) is 18.0. The second kappa shape index (κ2) is 8.38. The van der Waals surface area contributed by atoms with Crippen molar-refractivity contribution >= 4 is 0 Å². The third-order valence-electron chi connectivity index (χ3n) is 5.25. The van der Waals surface area contributed by atoms with Crippen LogP contribution in [0.1, 0.15) is 66.7 Å². The zero-order valence-corrected chi connectivity index (χ0v) is 14.8. The third kappa shape index (κ3) is 6.58. The van der Waals surface area contributed by atoms with E-state index in [1.165, 1.54) is 51.7 Å². The molecule has 1 N–H and O–H groups in total. The molecule has 20 heavy (non-hydrogen) atoms. The minimum absolute atomic E-state index is 0.514. The van der Waals surface area contributed by atoms with Gasteiger partial charge in [0.1, 0.15) is 0 Å². The van der Waals surface area contributed by atoms with Crippen molar-refractivity contribution in [3.05, 3.63) is 0 Å². The van der Waals surface area contributed by atoms with Crippen LogP contribution in [0.25, 0.3) is 0 Å². The van der Waals surface area contributed by atoms with Gasteiger partial charge in [-0.2, -0.15) is 0 Å². The molecule has 120 valence electrons. The molecule has 1 saturated carbocycles. The Kier molecular flexibility index (Phi) is 7.53. The van der Waals surface area contributed by atoms with Crippen LogP contribution in [-0.4, -0.2) is 37.6 Å². The van der Waals surface area contributed by atoms with Gasteiger partial charge in [-0.25, -0.2) is 0 Å². The van der Waals surface area contributed by atoms with E-state index >= 15 is 0 Å². The Morgan fingerprint density at radius 3 is 2.20 bits per heavy atom. The number of nitrogens with one attached hydrogen (secondary N) is 1. The summed E-state index contributed by atoms with van der Waals surface area (Å²) in [6.45, 7) is 15.4. The summed E-state index contributed by atoms with van der Waals surface area (Å²) in [6.07, 6.45) is 7.01. The fourth-order valence-corrected chi connectivity index (χ4v) is 3.25. The van der Waals surface area contributed by atoms with Crippen LogP contribution in [0.2, 0.25) is 0 Å². The topological polar surface area (TPSA) is 15.3 Å². The van der Waals surface area contributed by atoms with E-state index < -0.39 is 0 Å². The Morgan fingerprint density at radius 2 is 1.70 bits per heavy atom.